The molecule has 1 fully saturated rings. The van der Waals surface area contributed by atoms with E-state index in [1.54, 1.807) is 6.92 Å². The number of imide groups is 1. The van der Waals surface area contributed by atoms with E-state index in [2.05, 4.69) is 5.16 Å². The van der Waals surface area contributed by atoms with Crippen molar-refractivity contribution >= 4 is 34.6 Å². The Morgan fingerprint density at radius 2 is 1.69 bits per heavy atom. The molecule has 0 radical (unpaired) electrons. The van der Waals surface area contributed by atoms with Crippen molar-refractivity contribution in [1.29, 1.82) is 0 Å². The van der Waals surface area contributed by atoms with Gasteiger partial charge in [0, 0.05) is 29.8 Å². The van der Waals surface area contributed by atoms with E-state index in [9.17, 15) is 29.8 Å². The number of nitro benzene ring substituents is 2. The molecule has 2 aromatic rings. The number of rotatable bonds is 4. The van der Waals surface area contributed by atoms with E-state index in [1.165, 1.54) is 42.5 Å². The van der Waals surface area contributed by atoms with Gasteiger partial charge in [-0.3, -0.25) is 29.8 Å². The van der Waals surface area contributed by atoms with Gasteiger partial charge in [-0.05, 0) is 18.6 Å². The largest absolute Gasteiger partial charge is 0.381 e. The first kappa shape index (κ1) is 18.2. The number of hydrogen-bond donors (Lipinski definition) is 0. The number of amides is 2. The van der Waals surface area contributed by atoms with Crippen LogP contribution in [0.15, 0.2) is 47.6 Å². The monoisotopic (exact) mass is 396 g/mol. The first-order valence-electron chi connectivity index (χ1n) is 8.41. The maximum Gasteiger partial charge on any atom is 0.278 e. The summed E-state index contributed by atoms with van der Waals surface area (Å²) in [7, 11) is 0. The fourth-order valence-corrected chi connectivity index (χ4v) is 3.44. The van der Waals surface area contributed by atoms with E-state index in [0.717, 1.165) is 4.90 Å². The van der Waals surface area contributed by atoms with E-state index in [-0.39, 0.29) is 22.8 Å². The van der Waals surface area contributed by atoms with Crippen molar-refractivity contribution in [2.45, 2.75) is 13.0 Å². The molecule has 0 spiro atoms. The summed E-state index contributed by atoms with van der Waals surface area (Å²) < 4.78 is 0. The fraction of sp³-hybridized carbons (Fsp3) is 0.167. The highest BCUT2D eigenvalue weighted by Gasteiger charge is 2.56. The van der Waals surface area contributed by atoms with Gasteiger partial charge in [-0.25, -0.2) is 4.90 Å². The smallest absolute Gasteiger partial charge is 0.278 e. The van der Waals surface area contributed by atoms with Crippen LogP contribution in [0.1, 0.15) is 11.1 Å². The Bertz CT molecular complexity index is 1130. The normalized spacial score (nSPS) is 20.3. The highest BCUT2D eigenvalue weighted by Crippen LogP contribution is 2.37. The average molecular weight is 396 g/mol. The second-order valence-corrected chi connectivity index (χ2v) is 6.53. The summed E-state index contributed by atoms with van der Waals surface area (Å²) in [4.78, 5) is 52.7. The second-order valence-electron chi connectivity index (χ2n) is 6.53. The van der Waals surface area contributed by atoms with E-state index in [0.29, 0.717) is 11.1 Å². The Morgan fingerprint density at radius 3 is 2.34 bits per heavy atom. The molecule has 0 aromatic heterocycles. The maximum atomic E-state index is 13.0. The molecule has 146 valence electrons. The van der Waals surface area contributed by atoms with Crippen LogP contribution in [0.25, 0.3) is 0 Å². The van der Waals surface area contributed by atoms with Gasteiger partial charge in [0.05, 0.1) is 15.5 Å². The summed E-state index contributed by atoms with van der Waals surface area (Å²) in [6.07, 6.45) is -1.19. The van der Waals surface area contributed by atoms with Gasteiger partial charge >= 0.3 is 0 Å². The van der Waals surface area contributed by atoms with Gasteiger partial charge in [0.25, 0.3) is 17.3 Å². The van der Waals surface area contributed by atoms with Crippen LogP contribution in [0.5, 0.6) is 0 Å². The van der Waals surface area contributed by atoms with Crippen LogP contribution in [-0.2, 0) is 14.4 Å². The lowest BCUT2D eigenvalue weighted by molar-refractivity contribution is -0.385. The van der Waals surface area contributed by atoms with Crippen molar-refractivity contribution in [3.63, 3.8) is 0 Å². The quantitative estimate of drug-likeness (QED) is 0.437. The van der Waals surface area contributed by atoms with Crippen molar-refractivity contribution in [2.75, 3.05) is 4.90 Å². The molecular weight excluding hydrogens is 384 g/mol. The number of benzene rings is 2. The van der Waals surface area contributed by atoms with Gasteiger partial charge in [-0.1, -0.05) is 17.3 Å². The summed E-state index contributed by atoms with van der Waals surface area (Å²) >= 11 is 0. The van der Waals surface area contributed by atoms with Crippen LogP contribution < -0.4 is 4.90 Å². The van der Waals surface area contributed by atoms with Gasteiger partial charge in [0.1, 0.15) is 11.6 Å². The molecule has 2 heterocycles. The van der Waals surface area contributed by atoms with Crippen molar-refractivity contribution in [3.05, 3.63) is 73.8 Å². The summed E-state index contributed by atoms with van der Waals surface area (Å²) in [5.74, 6) is -2.32. The minimum atomic E-state index is -1.19. The predicted octanol–water partition coefficient (Wildman–Crippen LogP) is 2.10. The minimum absolute atomic E-state index is 0.124. The van der Waals surface area contributed by atoms with E-state index < -0.39 is 33.7 Å². The molecule has 0 aliphatic carbocycles. The number of non-ortho nitro benzene ring substituents is 2. The second kappa shape index (κ2) is 6.48. The molecule has 0 N–H and O–H groups in total. The number of oxime groups is 1. The molecule has 11 heteroatoms. The SMILES string of the molecule is Cc1cc([N+](=O)[O-])ccc1N1C(=O)C2ON=C(c3cccc([N+](=O)[O-])c3)C2C1=O. The fourth-order valence-electron chi connectivity index (χ4n) is 3.44. The molecule has 0 saturated carbocycles. The zero-order valence-electron chi connectivity index (χ0n) is 14.8. The van der Waals surface area contributed by atoms with Gasteiger partial charge in [0.15, 0.2) is 0 Å². The number of carbonyl (C=O) groups is 2. The number of carbonyl (C=O) groups excluding carboxylic acids is 2. The van der Waals surface area contributed by atoms with E-state index >= 15 is 0 Å². The first-order chi connectivity index (χ1) is 13.8. The molecule has 2 aliphatic rings. The minimum Gasteiger partial charge on any atom is -0.381 e. The Balaban J connectivity index is 1.70. The van der Waals surface area contributed by atoms with Gasteiger partial charge in [0.2, 0.25) is 12.0 Å². The zero-order chi connectivity index (χ0) is 20.9. The molecule has 2 amide bonds. The Labute approximate surface area is 162 Å². The molecular formula is C18H12N4O7. The molecule has 2 aromatic carbocycles. The summed E-state index contributed by atoms with van der Waals surface area (Å²) in [5.41, 5.74) is 0.653. The highest BCUT2D eigenvalue weighted by atomic mass is 16.7. The molecule has 29 heavy (non-hydrogen) atoms. The third kappa shape index (κ3) is 2.79. The van der Waals surface area contributed by atoms with Gasteiger partial charge in [-0.15, -0.1) is 0 Å². The number of nitrogens with zero attached hydrogens (tertiary/aromatic N) is 4. The molecule has 11 nitrogen and oxygen atoms in total. The topological polar surface area (TPSA) is 145 Å². The van der Waals surface area contributed by atoms with Gasteiger partial charge in [-0.2, -0.15) is 0 Å². The average Bonchev–Trinajstić information content (AvgIpc) is 3.23. The summed E-state index contributed by atoms with van der Waals surface area (Å²) in [5, 5.41) is 25.8. The maximum absolute atomic E-state index is 13.0. The summed E-state index contributed by atoms with van der Waals surface area (Å²) in [6.45, 7) is 1.55. The Morgan fingerprint density at radius 1 is 1.00 bits per heavy atom. The van der Waals surface area contributed by atoms with Crippen LogP contribution in [0.3, 0.4) is 0 Å². The van der Waals surface area contributed by atoms with Crippen molar-refractivity contribution in [1.82, 2.24) is 0 Å². The molecule has 1 saturated heterocycles. The lowest BCUT2D eigenvalue weighted by atomic mass is 9.94. The van der Waals surface area contributed by atoms with E-state index in [1.807, 2.05) is 0 Å². The van der Waals surface area contributed by atoms with E-state index in [4.69, 9.17) is 4.84 Å². The standard InChI is InChI=1S/C18H12N4O7/c1-9-7-12(22(27)28)5-6-13(9)20-17(23)14-15(19-29-16(14)18(20)24)10-3-2-4-11(8-10)21(25)26/h2-8,14,16H,1H3. The molecule has 2 unspecified atom stereocenters. The number of nitro groups is 2. The van der Waals surface area contributed by atoms with Gasteiger partial charge < -0.3 is 4.84 Å². The number of anilines is 1. The number of fused-ring (bicyclic) bond motifs is 1. The number of hydrogen-bond acceptors (Lipinski definition) is 8. The van der Waals surface area contributed by atoms with Crippen LogP contribution in [0.2, 0.25) is 0 Å². The summed E-state index contributed by atoms with van der Waals surface area (Å²) in [6, 6.07) is 9.33. The third-order valence-electron chi connectivity index (χ3n) is 4.80. The molecule has 4 rings (SSSR count). The van der Waals surface area contributed by atoms with Crippen LogP contribution in [0.4, 0.5) is 17.1 Å². The highest BCUT2D eigenvalue weighted by molar-refractivity contribution is 6.32. The molecule has 2 aliphatic heterocycles. The van der Waals surface area contributed by atoms with Crippen LogP contribution in [0, 0.1) is 33.1 Å². The zero-order valence-corrected chi connectivity index (χ0v) is 14.8. The van der Waals surface area contributed by atoms with Crippen molar-refractivity contribution < 1.29 is 24.3 Å². The lowest BCUT2D eigenvalue weighted by Gasteiger charge is -2.17. The van der Waals surface area contributed by atoms with Crippen molar-refractivity contribution in [2.24, 2.45) is 11.1 Å². The van der Waals surface area contributed by atoms with Crippen LogP contribution >= 0.6 is 0 Å². The third-order valence-corrected chi connectivity index (χ3v) is 4.80. The Hall–Kier alpha value is -4.15. The van der Waals surface area contributed by atoms with Crippen molar-refractivity contribution in [3.8, 4) is 0 Å². The lowest BCUT2D eigenvalue weighted by Crippen LogP contribution is -2.33. The first-order valence-corrected chi connectivity index (χ1v) is 8.41. The molecule has 0 bridgehead atoms. The number of aryl methyl sites for hydroxylation is 1. The molecule has 2 atom stereocenters. The van der Waals surface area contributed by atoms with Crippen LogP contribution in [-0.4, -0.2) is 33.5 Å². The predicted molar refractivity (Wildman–Crippen MR) is 98.3 cm³/mol. The Kier molecular flexibility index (Phi) is 4.07.